The molecule has 0 unspecified atom stereocenters. The predicted molar refractivity (Wildman–Crippen MR) is 65.9 cm³/mol. The lowest BCUT2D eigenvalue weighted by Crippen LogP contribution is -2.08. The van der Waals surface area contributed by atoms with Crippen molar-refractivity contribution in [2.75, 3.05) is 0 Å². The van der Waals surface area contributed by atoms with E-state index < -0.39 is 11.2 Å². The van der Waals surface area contributed by atoms with E-state index in [-0.39, 0.29) is 0 Å². The second kappa shape index (κ2) is 5.05. The molecule has 0 aliphatic rings. The molecule has 1 aromatic heterocycles. The van der Waals surface area contributed by atoms with E-state index in [4.69, 9.17) is 0 Å². The van der Waals surface area contributed by atoms with E-state index in [9.17, 15) is 9.90 Å². The minimum Gasteiger partial charge on any atom is -0.480 e. The van der Waals surface area contributed by atoms with Gasteiger partial charge in [-0.2, -0.15) is 0 Å². The lowest BCUT2D eigenvalue weighted by Gasteiger charge is -2.11. The molecule has 1 N–H and O–H groups in total. The van der Waals surface area contributed by atoms with Crippen LogP contribution in [-0.2, 0) is 11.8 Å². The molecule has 0 fully saturated rings. The number of carboxylic acid groups (broad SMARTS) is 1. The van der Waals surface area contributed by atoms with E-state index in [0.717, 1.165) is 5.56 Å². The fourth-order valence-corrected chi connectivity index (χ4v) is 2.41. The monoisotopic (exact) mass is 248 g/mol. The molecule has 4 nitrogen and oxygen atoms in total. The van der Waals surface area contributed by atoms with Crippen LogP contribution in [0.25, 0.3) is 0 Å². The van der Waals surface area contributed by atoms with Crippen LogP contribution in [0.3, 0.4) is 0 Å². The van der Waals surface area contributed by atoms with Crippen LogP contribution in [-0.4, -0.2) is 20.6 Å². The maximum atomic E-state index is 11.3. The van der Waals surface area contributed by atoms with Gasteiger partial charge in [0.05, 0.1) is 0 Å². The second-order valence-corrected chi connectivity index (χ2v) is 4.64. The third-order valence-corrected chi connectivity index (χ3v) is 3.64. The van der Waals surface area contributed by atoms with Crippen molar-refractivity contribution >= 4 is 17.7 Å². The topological polar surface area (TPSA) is 55.1 Å². The molecule has 0 saturated heterocycles. The van der Waals surface area contributed by atoms with Crippen molar-refractivity contribution in [3.05, 3.63) is 48.3 Å². The summed E-state index contributed by atoms with van der Waals surface area (Å²) in [6.45, 7) is 0. The number of carbonyl (C=O) groups is 1. The van der Waals surface area contributed by atoms with Gasteiger partial charge in [-0.05, 0) is 5.56 Å². The number of aromatic nitrogens is 2. The summed E-state index contributed by atoms with van der Waals surface area (Å²) in [5.74, 6) is -0.857. The molecule has 0 radical (unpaired) electrons. The Bertz CT molecular complexity index is 510. The fraction of sp³-hybridized carbons (Fsp3) is 0.167. The van der Waals surface area contributed by atoms with Crippen molar-refractivity contribution in [3.8, 4) is 0 Å². The van der Waals surface area contributed by atoms with Crippen LogP contribution < -0.4 is 0 Å². The van der Waals surface area contributed by atoms with Crippen molar-refractivity contribution in [3.63, 3.8) is 0 Å². The number of benzene rings is 1. The highest BCUT2D eigenvalue weighted by Gasteiger charge is 2.22. The van der Waals surface area contributed by atoms with Gasteiger partial charge in [0.15, 0.2) is 5.16 Å². The molecule has 0 amide bonds. The zero-order chi connectivity index (χ0) is 12.3. The van der Waals surface area contributed by atoms with E-state index in [0.29, 0.717) is 5.16 Å². The Morgan fingerprint density at radius 2 is 2.12 bits per heavy atom. The van der Waals surface area contributed by atoms with Crippen molar-refractivity contribution in [2.24, 2.45) is 7.05 Å². The molecule has 5 heteroatoms. The van der Waals surface area contributed by atoms with E-state index in [1.165, 1.54) is 11.8 Å². The average molecular weight is 248 g/mol. The van der Waals surface area contributed by atoms with Gasteiger partial charge in [0.25, 0.3) is 0 Å². The summed E-state index contributed by atoms with van der Waals surface area (Å²) in [5.41, 5.74) is 0.771. The van der Waals surface area contributed by atoms with E-state index >= 15 is 0 Å². The van der Waals surface area contributed by atoms with Gasteiger partial charge in [0, 0.05) is 19.4 Å². The number of carboxylic acids is 1. The molecular weight excluding hydrogens is 236 g/mol. The molecule has 1 heterocycles. The second-order valence-electron chi connectivity index (χ2n) is 3.57. The molecule has 88 valence electrons. The summed E-state index contributed by atoms with van der Waals surface area (Å²) < 4.78 is 1.81. The van der Waals surface area contributed by atoms with E-state index in [1.54, 1.807) is 12.4 Å². The molecule has 17 heavy (non-hydrogen) atoms. The van der Waals surface area contributed by atoms with Crippen molar-refractivity contribution in [2.45, 2.75) is 10.4 Å². The highest BCUT2D eigenvalue weighted by molar-refractivity contribution is 8.00. The van der Waals surface area contributed by atoms with E-state index in [2.05, 4.69) is 4.98 Å². The smallest absolute Gasteiger partial charge is 0.321 e. The van der Waals surface area contributed by atoms with Gasteiger partial charge in [-0.1, -0.05) is 42.1 Å². The summed E-state index contributed by atoms with van der Waals surface area (Å²) in [7, 11) is 1.85. The first-order chi connectivity index (χ1) is 8.18. The van der Waals surface area contributed by atoms with Crippen LogP contribution in [0.4, 0.5) is 0 Å². The first-order valence-corrected chi connectivity index (χ1v) is 5.98. The number of thioether (sulfide) groups is 1. The third kappa shape index (κ3) is 2.68. The molecular formula is C12H12N2O2S. The van der Waals surface area contributed by atoms with E-state index in [1.807, 2.05) is 41.9 Å². The number of nitrogens with zero attached hydrogens (tertiary/aromatic N) is 2. The lowest BCUT2D eigenvalue weighted by molar-refractivity contribution is -0.136. The Morgan fingerprint density at radius 3 is 2.65 bits per heavy atom. The molecule has 0 spiro atoms. The minimum atomic E-state index is -0.857. The zero-order valence-electron chi connectivity index (χ0n) is 9.28. The summed E-state index contributed by atoms with van der Waals surface area (Å²) in [6, 6.07) is 9.17. The Kier molecular flexibility index (Phi) is 3.49. The largest absolute Gasteiger partial charge is 0.480 e. The number of hydrogen-bond donors (Lipinski definition) is 1. The van der Waals surface area contributed by atoms with Crippen LogP contribution in [0.15, 0.2) is 47.9 Å². The van der Waals surface area contributed by atoms with Crippen LogP contribution in [0, 0.1) is 0 Å². The van der Waals surface area contributed by atoms with Gasteiger partial charge in [0.1, 0.15) is 5.25 Å². The average Bonchev–Trinajstić information content (AvgIpc) is 2.72. The number of aryl methyl sites for hydroxylation is 1. The predicted octanol–water partition coefficient (Wildman–Crippen LogP) is 2.34. The minimum absolute atomic E-state index is 0.628. The molecule has 2 aromatic rings. The third-order valence-electron chi connectivity index (χ3n) is 2.33. The van der Waals surface area contributed by atoms with Crippen LogP contribution in [0.5, 0.6) is 0 Å². The number of hydrogen-bond acceptors (Lipinski definition) is 3. The van der Waals surface area contributed by atoms with Gasteiger partial charge >= 0.3 is 5.97 Å². The first kappa shape index (κ1) is 11.7. The SMILES string of the molecule is Cn1ccnc1S[C@@H](C(=O)O)c1ccccc1. The molecule has 1 aromatic carbocycles. The summed E-state index contributed by atoms with van der Waals surface area (Å²) in [4.78, 5) is 15.4. The number of aliphatic carboxylic acids is 1. The highest BCUT2D eigenvalue weighted by atomic mass is 32.2. The Morgan fingerprint density at radius 1 is 1.41 bits per heavy atom. The van der Waals surface area contributed by atoms with Gasteiger partial charge in [0.2, 0.25) is 0 Å². The first-order valence-electron chi connectivity index (χ1n) is 5.10. The fourth-order valence-electron chi connectivity index (χ4n) is 1.46. The number of rotatable bonds is 4. The molecule has 0 aliphatic heterocycles. The number of imidazole rings is 1. The molecule has 0 saturated carbocycles. The summed E-state index contributed by atoms with van der Waals surface area (Å²) in [6.07, 6.45) is 3.46. The highest BCUT2D eigenvalue weighted by Crippen LogP contribution is 2.33. The molecule has 1 atom stereocenters. The van der Waals surface area contributed by atoms with Gasteiger partial charge in [-0.3, -0.25) is 4.79 Å². The van der Waals surface area contributed by atoms with Crippen LogP contribution in [0.2, 0.25) is 0 Å². The van der Waals surface area contributed by atoms with Gasteiger partial charge in [-0.25, -0.2) is 4.98 Å². The van der Waals surface area contributed by atoms with Crippen molar-refractivity contribution < 1.29 is 9.90 Å². The van der Waals surface area contributed by atoms with Crippen LogP contribution >= 0.6 is 11.8 Å². The van der Waals surface area contributed by atoms with Gasteiger partial charge in [-0.15, -0.1) is 0 Å². The summed E-state index contributed by atoms with van der Waals surface area (Å²) in [5, 5.41) is 9.33. The zero-order valence-corrected chi connectivity index (χ0v) is 10.1. The Balaban J connectivity index is 2.26. The normalized spacial score (nSPS) is 12.3. The Hall–Kier alpha value is -1.75. The quantitative estimate of drug-likeness (QED) is 0.844. The van der Waals surface area contributed by atoms with Crippen molar-refractivity contribution in [1.29, 1.82) is 0 Å². The maximum Gasteiger partial charge on any atom is 0.321 e. The molecule has 2 rings (SSSR count). The molecule has 0 bridgehead atoms. The van der Waals surface area contributed by atoms with Crippen molar-refractivity contribution in [1.82, 2.24) is 9.55 Å². The van der Waals surface area contributed by atoms with Gasteiger partial charge < -0.3 is 9.67 Å². The van der Waals surface area contributed by atoms with Crippen LogP contribution in [0.1, 0.15) is 10.8 Å². The molecule has 0 aliphatic carbocycles. The standard InChI is InChI=1S/C12H12N2O2S/c1-14-8-7-13-12(14)17-10(11(15)16)9-5-3-2-4-6-9/h2-8,10H,1H3,(H,15,16)/t10-/m1/s1. The maximum absolute atomic E-state index is 11.3. The summed E-state index contributed by atoms with van der Waals surface area (Å²) >= 11 is 1.24. The lowest BCUT2D eigenvalue weighted by atomic mass is 10.1. The Labute approximate surface area is 103 Å².